The van der Waals surface area contributed by atoms with E-state index in [1.807, 2.05) is 0 Å². The molecule has 2 nitrogen and oxygen atoms in total. The predicted octanol–water partition coefficient (Wildman–Crippen LogP) is 3.41. The van der Waals surface area contributed by atoms with E-state index in [1.165, 1.54) is 0 Å². The number of carbonyl (C=O) groups is 1. The first-order valence-corrected chi connectivity index (χ1v) is 5.42. The van der Waals surface area contributed by atoms with Crippen LogP contribution in [0.5, 0.6) is 0 Å². The Balaban J connectivity index is 2.19. The van der Waals surface area contributed by atoms with Crippen LogP contribution in [0.3, 0.4) is 0 Å². The van der Waals surface area contributed by atoms with Crippen molar-refractivity contribution in [1.29, 1.82) is 0 Å². The highest BCUT2D eigenvalue weighted by Gasteiger charge is 2.36. The molecule has 98 valence electrons. The number of hydrogen-bond donors (Lipinski definition) is 0. The number of ether oxygens (including phenoxy) is 1. The lowest BCUT2D eigenvalue weighted by molar-refractivity contribution is -0.140. The second-order valence-electron chi connectivity index (χ2n) is 4.21. The Morgan fingerprint density at radius 1 is 1.33 bits per heavy atom. The summed E-state index contributed by atoms with van der Waals surface area (Å²) < 4.78 is 55.6. The number of hydrogen-bond acceptors (Lipinski definition) is 2. The number of carbonyl (C=O) groups excluding carboxylic acids is 1. The van der Waals surface area contributed by atoms with E-state index >= 15 is 0 Å². The van der Waals surface area contributed by atoms with Crippen LogP contribution in [0.25, 0.3) is 0 Å². The third-order valence-electron chi connectivity index (χ3n) is 2.67. The van der Waals surface area contributed by atoms with E-state index < -0.39 is 29.1 Å². The van der Waals surface area contributed by atoms with Crippen LogP contribution in [0, 0.1) is 11.7 Å². The predicted molar refractivity (Wildman–Crippen MR) is 54.4 cm³/mol. The van der Waals surface area contributed by atoms with Gasteiger partial charge in [0.2, 0.25) is 0 Å². The molecule has 1 fully saturated rings. The maximum absolute atomic E-state index is 13.5. The van der Waals surface area contributed by atoms with Gasteiger partial charge in [0.1, 0.15) is 5.82 Å². The SMILES string of the molecule is O=C(OCC1CC1)c1cccc(C(F)(F)F)c1F. The summed E-state index contributed by atoms with van der Waals surface area (Å²) in [5.41, 5.74) is -2.13. The zero-order valence-electron chi connectivity index (χ0n) is 9.26. The van der Waals surface area contributed by atoms with Crippen molar-refractivity contribution in [2.24, 2.45) is 5.92 Å². The van der Waals surface area contributed by atoms with Crippen LogP contribution >= 0.6 is 0 Å². The van der Waals surface area contributed by atoms with Crippen LogP contribution in [0.1, 0.15) is 28.8 Å². The van der Waals surface area contributed by atoms with Crippen LogP contribution in [-0.2, 0) is 10.9 Å². The maximum atomic E-state index is 13.5. The number of alkyl halides is 3. The van der Waals surface area contributed by atoms with Gasteiger partial charge in [0, 0.05) is 0 Å². The van der Waals surface area contributed by atoms with Gasteiger partial charge in [0.05, 0.1) is 17.7 Å². The molecule has 0 aliphatic heterocycles. The third-order valence-corrected chi connectivity index (χ3v) is 2.67. The highest BCUT2D eigenvalue weighted by Crippen LogP contribution is 2.33. The standard InChI is InChI=1S/C12H10F4O2/c13-10-8(11(17)18-6-7-4-5-7)2-1-3-9(10)12(14,15)16/h1-3,7H,4-6H2. The van der Waals surface area contributed by atoms with E-state index in [4.69, 9.17) is 4.74 Å². The molecular weight excluding hydrogens is 252 g/mol. The molecule has 0 heterocycles. The van der Waals surface area contributed by atoms with Gasteiger partial charge in [-0.15, -0.1) is 0 Å². The fourth-order valence-corrected chi connectivity index (χ4v) is 1.46. The molecule has 1 aliphatic carbocycles. The van der Waals surface area contributed by atoms with Crippen molar-refractivity contribution in [3.8, 4) is 0 Å². The second-order valence-corrected chi connectivity index (χ2v) is 4.21. The summed E-state index contributed by atoms with van der Waals surface area (Å²) in [4.78, 5) is 11.4. The molecule has 0 atom stereocenters. The van der Waals surface area contributed by atoms with E-state index in [0.29, 0.717) is 6.07 Å². The lowest BCUT2D eigenvalue weighted by Crippen LogP contribution is -2.14. The molecule has 2 rings (SSSR count). The van der Waals surface area contributed by atoms with Gasteiger partial charge in [0.15, 0.2) is 0 Å². The summed E-state index contributed by atoms with van der Waals surface area (Å²) in [5, 5.41) is 0. The highest BCUT2D eigenvalue weighted by molar-refractivity contribution is 5.90. The van der Waals surface area contributed by atoms with Gasteiger partial charge in [-0.2, -0.15) is 13.2 Å². The zero-order valence-corrected chi connectivity index (χ0v) is 9.26. The van der Waals surface area contributed by atoms with Crippen LogP contribution in [0.15, 0.2) is 18.2 Å². The molecule has 1 aromatic rings. The molecule has 0 amide bonds. The first kappa shape index (κ1) is 12.9. The van der Waals surface area contributed by atoms with E-state index in [0.717, 1.165) is 25.0 Å². The Hall–Kier alpha value is -1.59. The molecule has 1 aliphatic rings. The Morgan fingerprint density at radius 2 is 2.00 bits per heavy atom. The minimum atomic E-state index is -4.82. The summed E-state index contributed by atoms with van der Waals surface area (Å²) >= 11 is 0. The average molecular weight is 262 g/mol. The summed E-state index contributed by atoms with van der Waals surface area (Å²) in [6, 6.07) is 2.56. The van der Waals surface area contributed by atoms with E-state index in [9.17, 15) is 22.4 Å². The molecule has 6 heteroatoms. The van der Waals surface area contributed by atoms with Crippen LogP contribution in [0.4, 0.5) is 17.6 Å². The van der Waals surface area contributed by atoms with Crippen molar-refractivity contribution in [3.05, 3.63) is 35.1 Å². The number of esters is 1. The van der Waals surface area contributed by atoms with Crippen molar-refractivity contribution in [2.45, 2.75) is 19.0 Å². The average Bonchev–Trinajstić information content (AvgIpc) is 3.08. The van der Waals surface area contributed by atoms with Crippen molar-refractivity contribution in [2.75, 3.05) is 6.61 Å². The quantitative estimate of drug-likeness (QED) is 0.616. The lowest BCUT2D eigenvalue weighted by atomic mass is 10.1. The number of halogens is 4. The van der Waals surface area contributed by atoms with Crippen LogP contribution < -0.4 is 0 Å². The Bertz CT molecular complexity index is 464. The van der Waals surface area contributed by atoms with Crippen molar-refractivity contribution >= 4 is 5.97 Å². The van der Waals surface area contributed by atoms with Gasteiger partial charge < -0.3 is 4.74 Å². The fourth-order valence-electron chi connectivity index (χ4n) is 1.46. The summed E-state index contributed by atoms with van der Waals surface area (Å²) in [6.07, 6.45) is -2.96. The van der Waals surface area contributed by atoms with E-state index in [1.54, 1.807) is 0 Å². The van der Waals surface area contributed by atoms with Gasteiger partial charge in [-0.05, 0) is 30.9 Å². The zero-order chi connectivity index (χ0) is 13.3. The molecule has 18 heavy (non-hydrogen) atoms. The van der Waals surface area contributed by atoms with Gasteiger partial charge in [0.25, 0.3) is 0 Å². The molecule has 0 bridgehead atoms. The number of rotatable bonds is 3. The molecular formula is C12H10F4O2. The van der Waals surface area contributed by atoms with Crippen molar-refractivity contribution in [1.82, 2.24) is 0 Å². The molecule has 1 saturated carbocycles. The monoisotopic (exact) mass is 262 g/mol. The Morgan fingerprint density at radius 3 is 2.56 bits per heavy atom. The van der Waals surface area contributed by atoms with Gasteiger partial charge in [-0.3, -0.25) is 0 Å². The molecule has 0 unspecified atom stereocenters. The summed E-state index contributed by atoms with van der Waals surface area (Å²) in [5.74, 6) is -2.36. The molecule has 0 radical (unpaired) electrons. The van der Waals surface area contributed by atoms with Crippen molar-refractivity contribution in [3.63, 3.8) is 0 Å². The maximum Gasteiger partial charge on any atom is 0.419 e. The van der Waals surface area contributed by atoms with Gasteiger partial charge >= 0.3 is 12.1 Å². The Labute approximate surface area is 101 Å². The van der Waals surface area contributed by atoms with Crippen molar-refractivity contribution < 1.29 is 27.1 Å². The molecule has 1 aromatic carbocycles. The first-order valence-electron chi connectivity index (χ1n) is 5.42. The van der Waals surface area contributed by atoms with Gasteiger partial charge in [-0.25, -0.2) is 9.18 Å². The van der Waals surface area contributed by atoms with E-state index in [2.05, 4.69) is 0 Å². The third kappa shape index (κ3) is 2.80. The Kier molecular flexibility index (Phi) is 3.28. The largest absolute Gasteiger partial charge is 0.462 e. The molecule has 0 saturated heterocycles. The highest BCUT2D eigenvalue weighted by atomic mass is 19.4. The molecule has 0 spiro atoms. The molecule has 0 N–H and O–H groups in total. The fraction of sp³-hybridized carbons (Fsp3) is 0.417. The topological polar surface area (TPSA) is 26.3 Å². The normalized spacial score (nSPS) is 15.6. The van der Waals surface area contributed by atoms with Gasteiger partial charge in [-0.1, -0.05) is 6.07 Å². The lowest BCUT2D eigenvalue weighted by Gasteiger charge is -2.10. The second kappa shape index (κ2) is 4.59. The van der Waals surface area contributed by atoms with Crippen LogP contribution in [-0.4, -0.2) is 12.6 Å². The van der Waals surface area contributed by atoms with E-state index in [-0.39, 0.29) is 12.5 Å². The summed E-state index contributed by atoms with van der Waals surface area (Å²) in [7, 11) is 0. The molecule has 0 aromatic heterocycles. The minimum absolute atomic E-state index is 0.133. The smallest absolute Gasteiger partial charge is 0.419 e. The number of benzene rings is 1. The van der Waals surface area contributed by atoms with Crippen LogP contribution in [0.2, 0.25) is 0 Å². The summed E-state index contributed by atoms with van der Waals surface area (Å²) in [6.45, 7) is 0.133. The minimum Gasteiger partial charge on any atom is -0.462 e. The first-order chi connectivity index (χ1) is 8.39.